The molecule has 3 nitrogen and oxygen atoms in total. The molecule has 4 heteroatoms. The first kappa shape index (κ1) is 15.4. The van der Waals surface area contributed by atoms with E-state index in [1.54, 1.807) is 24.3 Å². The van der Waals surface area contributed by atoms with Crippen LogP contribution in [0.3, 0.4) is 0 Å². The molecule has 2 aromatic rings. The number of amides is 1. The van der Waals surface area contributed by atoms with Gasteiger partial charge in [-0.15, -0.1) is 0 Å². The van der Waals surface area contributed by atoms with Crippen LogP contribution in [0.25, 0.3) is 10.8 Å². The van der Waals surface area contributed by atoms with Gasteiger partial charge in [0.05, 0.1) is 5.60 Å². The highest BCUT2D eigenvalue weighted by Crippen LogP contribution is 2.22. The first-order chi connectivity index (χ1) is 10.0. The van der Waals surface area contributed by atoms with Crippen molar-refractivity contribution in [1.29, 1.82) is 0 Å². The van der Waals surface area contributed by atoms with Gasteiger partial charge in [0.2, 0.25) is 0 Å². The fourth-order valence-corrected chi connectivity index (χ4v) is 2.30. The Morgan fingerprint density at radius 1 is 1.14 bits per heavy atom. The number of rotatable bonds is 5. The lowest BCUT2D eigenvalue weighted by Crippen LogP contribution is -2.42. The van der Waals surface area contributed by atoms with Gasteiger partial charge in [-0.3, -0.25) is 4.79 Å². The highest BCUT2D eigenvalue weighted by Gasteiger charge is 2.23. The van der Waals surface area contributed by atoms with Gasteiger partial charge in [0.25, 0.3) is 5.91 Å². The molecule has 2 rings (SSSR count). The van der Waals surface area contributed by atoms with Crippen LogP contribution < -0.4 is 5.32 Å². The van der Waals surface area contributed by atoms with Gasteiger partial charge < -0.3 is 10.4 Å². The minimum Gasteiger partial charge on any atom is -0.388 e. The SMILES string of the molecule is CCC(O)(CC)CNC(=O)c1ccc(F)c2ccccc12. The molecule has 0 aromatic heterocycles. The molecular weight excluding hydrogens is 269 g/mol. The van der Waals surface area contributed by atoms with Crippen LogP contribution in [0.2, 0.25) is 0 Å². The average Bonchev–Trinajstić information content (AvgIpc) is 2.53. The third-order valence-electron chi connectivity index (χ3n) is 4.01. The molecule has 112 valence electrons. The molecule has 2 aromatic carbocycles. The average molecular weight is 289 g/mol. The van der Waals surface area contributed by atoms with Gasteiger partial charge in [0.15, 0.2) is 0 Å². The summed E-state index contributed by atoms with van der Waals surface area (Å²) in [5, 5.41) is 13.9. The largest absolute Gasteiger partial charge is 0.388 e. The minimum atomic E-state index is -0.897. The van der Waals surface area contributed by atoms with Gasteiger partial charge in [-0.2, -0.15) is 0 Å². The Balaban J connectivity index is 2.27. The van der Waals surface area contributed by atoms with Crippen LogP contribution in [0, 0.1) is 5.82 Å². The summed E-state index contributed by atoms with van der Waals surface area (Å²) in [6, 6.07) is 9.65. The van der Waals surface area contributed by atoms with E-state index in [4.69, 9.17) is 0 Å². The van der Waals surface area contributed by atoms with Crippen LogP contribution in [0.1, 0.15) is 37.0 Å². The second-order valence-corrected chi connectivity index (χ2v) is 5.25. The van der Waals surface area contributed by atoms with Gasteiger partial charge in [-0.1, -0.05) is 38.1 Å². The van der Waals surface area contributed by atoms with Crippen molar-refractivity contribution in [2.24, 2.45) is 0 Å². The lowest BCUT2D eigenvalue weighted by atomic mass is 9.97. The quantitative estimate of drug-likeness (QED) is 0.887. The van der Waals surface area contributed by atoms with E-state index in [9.17, 15) is 14.3 Å². The molecule has 0 aliphatic heterocycles. The molecule has 1 amide bonds. The minimum absolute atomic E-state index is 0.185. The van der Waals surface area contributed by atoms with Crippen molar-refractivity contribution in [2.45, 2.75) is 32.3 Å². The Hall–Kier alpha value is -1.94. The third-order valence-corrected chi connectivity index (χ3v) is 4.01. The number of aliphatic hydroxyl groups is 1. The first-order valence-electron chi connectivity index (χ1n) is 7.18. The zero-order chi connectivity index (χ0) is 15.5. The second-order valence-electron chi connectivity index (χ2n) is 5.25. The van der Waals surface area contributed by atoms with E-state index in [0.717, 1.165) is 0 Å². The molecule has 0 unspecified atom stereocenters. The maximum absolute atomic E-state index is 13.7. The van der Waals surface area contributed by atoms with Crippen molar-refractivity contribution in [3.8, 4) is 0 Å². The van der Waals surface area contributed by atoms with E-state index in [2.05, 4.69) is 5.32 Å². The summed E-state index contributed by atoms with van der Waals surface area (Å²) in [4.78, 5) is 12.3. The number of hydrogen-bond acceptors (Lipinski definition) is 2. The lowest BCUT2D eigenvalue weighted by molar-refractivity contribution is 0.0314. The Morgan fingerprint density at radius 3 is 2.38 bits per heavy atom. The molecule has 21 heavy (non-hydrogen) atoms. The first-order valence-corrected chi connectivity index (χ1v) is 7.18. The summed E-state index contributed by atoms with van der Waals surface area (Å²) in [5.74, 6) is -0.646. The predicted molar refractivity (Wildman–Crippen MR) is 81.8 cm³/mol. The van der Waals surface area contributed by atoms with Crippen LogP contribution in [0.5, 0.6) is 0 Å². The van der Waals surface area contributed by atoms with Gasteiger partial charge in [0, 0.05) is 17.5 Å². The molecule has 0 saturated carbocycles. The van der Waals surface area contributed by atoms with Gasteiger partial charge >= 0.3 is 0 Å². The van der Waals surface area contributed by atoms with Crippen LogP contribution in [0.4, 0.5) is 4.39 Å². The highest BCUT2D eigenvalue weighted by atomic mass is 19.1. The monoisotopic (exact) mass is 289 g/mol. The highest BCUT2D eigenvalue weighted by molar-refractivity contribution is 6.07. The van der Waals surface area contributed by atoms with Gasteiger partial charge in [-0.25, -0.2) is 4.39 Å². The fraction of sp³-hybridized carbons (Fsp3) is 0.353. The lowest BCUT2D eigenvalue weighted by Gasteiger charge is -2.25. The van der Waals surface area contributed by atoms with E-state index >= 15 is 0 Å². The van der Waals surface area contributed by atoms with Crippen molar-refractivity contribution >= 4 is 16.7 Å². The van der Waals surface area contributed by atoms with E-state index in [1.165, 1.54) is 12.1 Å². The van der Waals surface area contributed by atoms with E-state index in [-0.39, 0.29) is 18.3 Å². The number of benzene rings is 2. The molecule has 0 fully saturated rings. The van der Waals surface area contributed by atoms with Crippen molar-refractivity contribution in [3.05, 3.63) is 47.8 Å². The fourth-order valence-electron chi connectivity index (χ4n) is 2.30. The summed E-state index contributed by atoms with van der Waals surface area (Å²) in [6.45, 7) is 3.94. The molecule has 0 radical (unpaired) electrons. The van der Waals surface area contributed by atoms with E-state index in [0.29, 0.717) is 29.2 Å². The molecule has 0 bridgehead atoms. The summed E-state index contributed by atoms with van der Waals surface area (Å²) < 4.78 is 13.7. The van der Waals surface area contributed by atoms with Crippen LogP contribution >= 0.6 is 0 Å². The van der Waals surface area contributed by atoms with Crippen molar-refractivity contribution in [1.82, 2.24) is 5.32 Å². The van der Waals surface area contributed by atoms with Gasteiger partial charge in [0.1, 0.15) is 5.82 Å². The number of halogens is 1. The van der Waals surface area contributed by atoms with Crippen molar-refractivity contribution in [3.63, 3.8) is 0 Å². The Kier molecular flexibility index (Phi) is 4.58. The topological polar surface area (TPSA) is 49.3 Å². The summed E-state index contributed by atoms with van der Waals surface area (Å²) in [5.41, 5.74) is -0.479. The molecule has 0 aliphatic carbocycles. The maximum Gasteiger partial charge on any atom is 0.252 e. The summed E-state index contributed by atoms with van der Waals surface area (Å²) in [7, 11) is 0. The summed E-state index contributed by atoms with van der Waals surface area (Å²) >= 11 is 0. The molecule has 0 atom stereocenters. The smallest absolute Gasteiger partial charge is 0.252 e. The van der Waals surface area contributed by atoms with E-state index in [1.807, 2.05) is 13.8 Å². The Bertz CT molecular complexity index is 650. The molecule has 0 spiro atoms. The number of carbonyl (C=O) groups excluding carboxylic acids is 1. The number of hydrogen-bond donors (Lipinski definition) is 2. The maximum atomic E-state index is 13.7. The Morgan fingerprint density at radius 2 is 1.76 bits per heavy atom. The van der Waals surface area contributed by atoms with Crippen LogP contribution in [0.15, 0.2) is 36.4 Å². The number of nitrogens with one attached hydrogen (secondary N) is 1. The van der Waals surface area contributed by atoms with E-state index < -0.39 is 5.60 Å². The normalized spacial score (nSPS) is 11.6. The third kappa shape index (κ3) is 3.22. The van der Waals surface area contributed by atoms with Gasteiger partial charge in [-0.05, 0) is 30.4 Å². The zero-order valence-electron chi connectivity index (χ0n) is 12.3. The number of carbonyl (C=O) groups is 1. The molecule has 2 N–H and O–H groups in total. The second kappa shape index (κ2) is 6.22. The Labute approximate surface area is 123 Å². The molecule has 0 heterocycles. The predicted octanol–water partition coefficient (Wildman–Crippen LogP) is 3.26. The standard InChI is InChI=1S/C17H20FNO2/c1-3-17(21,4-2)11-19-16(20)14-9-10-15(18)13-8-6-5-7-12(13)14/h5-10,21H,3-4,11H2,1-2H3,(H,19,20). The van der Waals surface area contributed by atoms with Crippen LogP contribution in [-0.2, 0) is 0 Å². The van der Waals surface area contributed by atoms with Crippen LogP contribution in [-0.4, -0.2) is 23.2 Å². The molecular formula is C17H20FNO2. The molecule has 0 aliphatic rings. The summed E-state index contributed by atoms with van der Waals surface area (Å²) in [6.07, 6.45) is 1.13. The van der Waals surface area contributed by atoms with Crippen molar-refractivity contribution in [2.75, 3.05) is 6.54 Å². The zero-order valence-corrected chi connectivity index (χ0v) is 12.3. The van der Waals surface area contributed by atoms with Crippen molar-refractivity contribution < 1.29 is 14.3 Å². The molecule has 0 saturated heterocycles. The number of fused-ring (bicyclic) bond motifs is 1.